The Morgan fingerprint density at radius 1 is 1.05 bits per heavy atom. The van der Waals surface area contributed by atoms with E-state index in [4.69, 9.17) is 11.5 Å². The number of hydrogen-bond donors (Lipinski definition) is 3. The molecule has 7 nitrogen and oxygen atoms in total. The van der Waals surface area contributed by atoms with Gasteiger partial charge in [0.15, 0.2) is 5.54 Å². The van der Waals surface area contributed by atoms with Crippen LogP contribution in [0.1, 0.15) is 74.6 Å². The number of fused-ring (bicyclic) bond motifs is 1. The monoisotopic (exact) mass is 590 g/mol. The minimum Gasteiger partial charge on any atom is -0.384 e. The van der Waals surface area contributed by atoms with Crippen molar-refractivity contribution in [3.8, 4) is 0 Å². The first-order valence-corrected chi connectivity index (χ1v) is 14.6. The third kappa shape index (κ3) is 6.33. The number of nitrogens with one attached hydrogen (secondary N) is 1. The number of nitrogens with two attached hydrogens (primary N) is 2. The number of carbonyl (C=O) groups excluding carboxylic acids is 2. The first kappa shape index (κ1) is 32.3. The van der Waals surface area contributed by atoms with E-state index >= 15 is 0 Å². The van der Waals surface area contributed by atoms with Gasteiger partial charge in [0.2, 0.25) is 0 Å². The summed E-state index contributed by atoms with van der Waals surface area (Å²) in [5.41, 5.74) is 14.4. The summed E-state index contributed by atoms with van der Waals surface area (Å²) in [7, 11) is 0. The summed E-state index contributed by atoms with van der Waals surface area (Å²) in [4.78, 5) is 32.6. The molecule has 1 aromatic heterocycles. The Balaban J connectivity index is 0.00000220. The van der Waals surface area contributed by atoms with Gasteiger partial charge < -0.3 is 16.8 Å². The molecule has 220 valence electrons. The van der Waals surface area contributed by atoms with Crippen molar-refractivity contribution in [3.05, 3.63) is 59.3 Å². The van der Waals surface area contributed by atoms with Gasteiger partial charge in [0, 0.05) is 30.1 Å². The maximum absolute atomic E-state index is 14.9. The molecule has 1 aromatic carbocycles. The van der Waals surface area contributed by atoms with Crippen molar-refractivity contribution < 1.29 is 14.1 Å². The summed E-state index contributed by atoms with van der Waals surface area (Å²) in [6.07, 6.45) is 10.4. The molecule has 2 heterocycles. The zero-order valence-corrected chi connectivity index (χ0v) is 25.3. The number of hydrogen-bond acceptors (Lipinski definition) is 5. The van der Waals surface area contributed by atoms with Crippen LogP contribution in [0.25, 0.3) is 0 Å². The number of rotatable bonds is 10. The lowest BCUT2D eigenvalue weighted by Crippen LogP contribution is -2.71. The molecule has 3 aliphatic rings. The molecule has 4 atom stereocenters. The van der Waals surface area contributed by atoms with Crippen molar-refractivity contribution in [1.29, 1.82) is 0 Å². The number of nitrogens with zero attached hydrogens (tertiary/aromatic N) is 2. The minimum absolute atomic E-state index is 0. The SMILES string of the molecule is Cc1nc(N)ccc1C[N+]1(C(=O)[C@@H](CC2CCCCC2)NCCc2ccccc2)CCC[C@@H]2C[C@@]21C(N)=O.Cl.Cl. The van der Waals surface area contributed by atoms with Crippen LogP contribution in [-0.4, -0.2) is 46.0 Å². The largest absolute Gasteiger partial charge is 0.384 e. The van der Waals surface area contributed by atoms with Gasteiger partial charge in [-0.15, -0.1) is 24.8 Å². The van der Waals surface area contributed by atoms with E-state index in [1.54, 1.807) is 6.07 Å². The second kappa shape index (κ2) is 13.6. The van der Waals surface area contributed by atoms with Gasteiger partial charge in [0.25, 0.3) is 5.91 Å². The molecule has 1 unspecified atom stereocenters. The lowest BCUT2D eigenvalue weighted by molar-refractivity contribution is -0.900. The van der Waals surface area contributed by atoms with Crippen LogP contribution in [0.15, 0.2) is 42.5 Å². The Kier molecular flexibility index (Phi) is 11.0. The number of carbonyl (C=O) groups is 2. The number of quaternary nitrogens is 1. The maximum atomic E-state index is 14.9. The number of pyridine rings is 1. The van der Waals surface area contributed by atoms with E-state index in [1.807, 2.05) is 19.1 Å². The smallest absolute Gasteiger partial charge is 0.331 e. The Labute approximate surface area is 251 Å². The van der Waals surface area contributed by atoms with Crippen LogP contribution in [-0.2, 0) is 22.6 Å². The van der Waals surface area contributed by atoms with E-state index in [1.165, 1.54) is 37.7 Å². The Hall–Kier alpha value is -2.19. The number of primary amides is 1. The van der Waals surface area contributed by atoms with E-state index < -0.39 is 5.54 Å². The number of halogens is 2. The molecule has 2 saturated carbocycles. The standard InChI is InChI=1S/C31H43N5O2.2ClH/c1-22-25(14-15-28(32)35-22)21-36(18-8-13-26-20-31(26,36)30(33)38)29(37)27(19-24-11-6-3-7-12-24)34-17-16-23-9-4-2-5-10-23;;/h2,4-5,9-10,14-15,24,26-27,34H,3,6-8,11-13,16-21H2,1H3,(H3-,32,33,35,38);2*1H/p+1/t26-,27-,31+,36?;;/m1../s1. The van der Waals surface area contributed by atoms with Crippen LogP contribution >= 0.6 is 24.8 Å². The Morgan fingerprint density at radius 2 is 1.77 bits per heavy atom. The van der Waals surface area contributed by atoms with E-state index in [2.05, 4.69) is 34.6 Å². The third-order valence-corrected chi connectivity index (χ3v) is 9.67. The fraction of sp³-hybridized carbons (Fsp3) is 0.581. The van der Waals surface area contributed by atoms with Gasteiger partial charge in [-0.2, -0.15) is 0 Å². The molecule has 2 aromatic rings. The number of piperidine rings is 1. The van der Waals surface area contributed by atoms with Crippen LogP contribution in [0.3, 0.4) is 0 Å². The zero-order chi connectivity index (χ0) is 26.8. The number of likely N-dealkylation sites (tertiary alicyclic amines) is 1. The van der Waals surface area contributed by atoms with Crippen LogP contribution in [0.5, 0.6) is 0 Å². The molecule has 1 saturated heterocycles. The number of amides is 2. The van der Waals surface area contributed by atoms with E-state index in [0.29, 0.717) is 31.2 Å². The average molecular weight is 592 g/mol. The molecule has 0 bridgehead atoms. The quantitative estimate of drug-likeness (QED) is 0.342. The first-order chi connectivity index (χ1) is 18.4. The van der Waals surface area contributed by atoms with Crippen LogP contribution < -0.4 is 16.8 Å². The van der Waals surface area contributed by atoms with Gasteiger partial charge in [0.1, 0.15) is 18.4 Å². The van der Waals surface area contributed by atoms with Gasteiger partial charge in [-0.3, -0.25) is 4.79 Å². The summed E-state index contributed by atoms with van der Waals surface area (Å²) in [5.74, 6) is 0.998. The number of aromatic nitrogens is 1. The van der Waals surface area contributed by atoms with Crippen molar-refractivity contribution >= 4 is 42.4 Å². The summed E-state index contributed by atoms with van der Waals surface area (Å²) in [6.45, 7) is 3.75. The lowest BCUT2D eigenvalue weighted by Gasteiger charge is -2.47. The van der Waals surface area contributed by atoms with Gasteiger partial charge in [-0.05, 0) is 56.2 Å². The van der Waals surface area contributed by atoms with Crippen molar-refractivity contribution in [2.75, 3.05) is 18.8 Å². The van der Waals surface area contributed by atoms with E-state index in [-0.39, 0.29) is 53.1 Å². The highest BCUT2D eigenvalue weighted by Gasteiger charge is 2.76. The highest BCUT2D eigenvalue weighted by atomic mass is 35.5. The van der Waals surface area contributed by atoms with Crippen LogP contribution in [0, 0.1) is 18.8 Å². The Morgan fingerprint density at radius 3 is 2.45 bits per heavy atom. The maximum Gasteiger partial charge on any atom is 0.331 e. The molecular weight excluding hydrogens is 545 g/mol. The topological polar surface area (TPSA) is 111 Å². The summed E-state index contributed by atoms with van der Waals surface area (Å²) in [5, 5.41) is 3.69. The molecule has 5 rings (SSSR count). The van der Waals surface area contributed by atoms with Crippen LogP contribution in [0.4, 0.5) is 5.82 Å². The molecule has 40 heavy (non-hydrogen) atoms. The number of benzene rings is 1. The van der Waals surface area contributed by atoms with Gasteiger partial charge >= 0.3 is 5.91 Å². The number of anilines is 1. The predicted octanol–water partition coefficient (Wildman–Crippen LogP) is 4.87. The van der Waals surface area contributed by atoms with Gasteiger partial charge in [-0.1, -0.05) is 62.4 Å². The molecule has 9 heteroatoms. The molecule has 0 spiro atoms. The predicted molar refractivity (Wildman–Crippen MR) is 164 cm³/mol. The van der Waals surface area contributed by atoms with Crippen molar-refractivity contribution in [2.45, 2.75) is 89.3 Å². The third-order valence-electron chi connectivity index (χ3n) is 9.67. The fourth-order valence-corrected chi connectivity index (χ4v) is 7.54. The molecule has 2 aliphatic carbocycles. The summed E-state index contributed by atoms with van der Waals surface area (Å²) >= 11 is 0. The summed E-state index contributed by atoms with van der Waals surface area (Å²) < 4.78 is 0.120. The Bertz CT molecular complexity index is 1160. The van der Waals surface area contributed by atoms with Crippen molar-refractivity contribution in [1.82, 2.24) is 10.3 Å². The molecular formula is C31H46Cl2N5O2+. The molecule has 0 radical (unpaired) electrons. The lowest BCUT2D eigenvalue weighted by atomic mass is 9.83. The fourth-order valence-electron chi connectivity index (χ4n) is 7.54. The minimum atomic E-state index is -0.810. The van der Waals surface area contributed by atoms with E-state index in [0.717, 1.165) is 43.5 Å². The highest BCUT2D eigenvalue weighted by Crippen LogP contribution is 2.59. The van der Waals surface area contributed by atoms with Crippen LogP contribution in [0.2, 0.25) is 0 Å². The average Bonchev–Trinajstić information content (AvgIpc) is 3.68. The molecule has 3 fully saturated rings. The highest BCUT2D eigenvalue weighted by molar-refractivity contribution is 5.91. The zero-order valence-electron chi connectivity index (χ0n) is 23.6. The summed E-state index contributed by atoms with van der Waals surface area (Å²) in [6, 6.07) is 13.9. The van der Waals surface area contributed by atoms with Crippen molar-refractivity contribution in [2.24, 2.45) is 17.6 Å². The second-order valence-corrected chi connectivity index (χ2v) is 12.0. The van der Waals surface area contributed by atoms with Gasteiger partial charge in [-0.25, -0.2) is 14.3 Å². The van der Waals surface area contributed by atoms with E-state index in [9.17, 15) is 9.59 Å². The number of nitrogen functional groups attached to an aromatic ring is 1. The number of aryl methyl sites for hydroxylation is 1. The normalized spacial score (nSPS) is 26.5. The van der Waals surface area contributed by atoms with Crippen molar-refractivity contribution in [3.63, 3.8) is 0 Å². The van der Waals surface area contributed by atoms with Gasteiger partial charge in [0.05, 0.1) is 6.54 Å². The first-order valence-electron chi connectivity index (χ1n) is 14.6. The molecule has 2 amide bonds. The molecule has 5 N–H and O–H groups in total. The molecule has 1 aliphatic heterocycles. The second-order valence-electron chi connectivity index (χ2n) is 12.0.